The molecule has 1 aliphatic heterocycles. The van der Waals surface area contributed by atoms with Crippen LogP contribution in [0.4, 0.5) is 5.95 Å². The average Bonchev–Trinajstić information content (AvgIpc) is 2.96. The van der Waals surface area contributed by atoms with Crippen molar-refractivity contribution in [2.75, 3.05) is 5.32 Å². The number of rotatable bonds is 3. The number of aryl methyl sites for hydroxylation is 3. The molecule has 1 N–H and O–H groups in total. The molecule has 2 aliphatic rings. The van der Waals surface area contributed by atoms with Crippen LogP contribution in [0.15, 0.2) is 6.07 Å². The molecule has 5 nitrogen and oxygen atoms in total. The van der Waals surface area contributed by atoms with Gasteiger partial charge in [0.25, 0.3) is 0 Å². The van der Waals surface area contributed by atoms with Gasteiger partial charge in [0.05, 0.1) is 0 Å². The molecule has 4 rings (SSSR count). The Hall–Kier alpha value is -1.91. The normalized spacial score (nSPS) is 17.0. The van der Waals surface area contributed by atoms with Gasteiger partial charge in [-0.25, -0.2) is 0 Å². The first-order valence-electron chi connectivity index (χ1n) is 8.45. The van der Waals surface area contributed by atoms with Crippen LogP contribution in [0.2, 0.25) is 0 Å². The summed E-state index contributed by atoms with van der Waals surface area (Å²) in [5, 5.41) is 12.2. The summed E-state index contributed by atoms with van der Waals surface area (Å²) in [7, 11) is 0. The first-order valence-corrected chi connectivity index (χ1v) is 8.45. The minimum absolute atomic E-state index is 0.823. The van der Waals surface area contributed by atoms with E-state index in [1.807, 2.05) is 0 Å². The molecule has 0 saturated heterocycles. The molecule has 0 aromatic carbocycles. The summed E-state index contributed by atoms with van der Waals surface area (Å²) >= 11 is 0. The number of nitrogens with zero attached hydrogens (tertiary/aromatic N) is 4. The SMILES string of the molecule is Cc1cc(CNc2nnc3n2CCCC3)c2c(n1)CCCC2. The lowest BCUT2D eigenvalue weighted by Gasteiger charge is -2.20. The summed E-state index contributed by atoms with van der Waals surface area (Å²) in [5.41, 5.74) is 5.28. The monoisotopic (exact) mass is 297 g/mol. The first kappa shape index (κ1) is 13.7. The average molecular weight is 297 g/mol. The Labute approximate surface area is 131 Å². The van der Waals surface area contributed by atoms with Gasteiger partial charge < -0.3 is 5.32 Å². The van der Waals surface area contributed by atoms with Gasteiger partial charge in [-0.2, -0.15) is 0 Å². The number of anilines is 1. The van der Waals surface area contributed by atoms with Crippen molar-refractivity contribution >= 4 is 5.95 Å². The largest absolute Gasteiger partial charge is 0.350 e. The standard InChI is InChI=1S/C17H23N5/c1-12-10-13(14-6-2-3-7-15(14)19-12)11-18-17-21-20-16-8-4-5-9-22(16)17/h10H,2-9,11H2,1H3,(H,18,21). The summed E-state index contributed by atoms with van der Waals surface area (Å²) in [6.45, 7) is 3.96. The molecule has 2 aromatic rings. The molecule has 0 unspecified atom stereocenters. The molecule has 0 radical (unpaired) electrons. The van der Waals surface area contributed by atoms with E-state index in [1.165, 1.54) is 42.5 Å². The van der Waals surface area contributed by atoms with Gasteiger partial charge in [-0.05, 0) is 62.6 Å². The third-order valence-electron chi connectivity index (χ3n) is 4.82. The van der Waals surface area contributed by atoms with Crippen LogP contribution >= 0.6 is 0 Å². The Balaban J connectivity index is 1.57. The van der Waals surface area contributed by atoms with E-state index in [9.17, 15) is 0 Å². The van der Waals surface area contributed by atoms with Gasteiger partial charge in [0.15, 0.2) is 0 Å². The second kappa shape index (κ2) is 5.71. The van der Waals surface area contributed by atoms with Gasteiger partial charge >= 0.3 is 0 Å². The second-order valence-electron chi connectivity index (χ2n) is 6.46. The Kier molecular flexibility index (Phi) is 3.56. The maximum absolute atomic E-state index is 4.73. The highest BCUT2D eigenvalue weighted by molar-refractivity contribution is 5.38. The van der Waals surface area contributed by atoms with Crippen LogP contribution < -0.4 is 5.32 Å². The van der Waals surface area contributed by atoms with E-state index in [0.717, 1.165) is 49.8 Å². The molecule has 116 valence electrons. The third-order valence-corrected chi connectivity index (χ3v) is 4.82. The fourth-order valence-corrected chi connectivity index (χ4v) is 3.71. The Morgan fingerprint density at radius 1 is 1.09 bits per heavy atom. The molecule has 0 bridgehead atoms. The maximum Gasteiger partial charge on any atom is 0.224 e. The molecule has 0 spiro atoms. The quantitative estimate of drug-likeness (QED) is 0.946. The fourth-order valence-electron chi connectivity index (χ4n) is 3.71. The van der Waals surface area contributed by atoms with Gasteiger partial charge in [0.2, 0.25) is 5.95 Å². The molecule has 22 heavy (non-hydrogen) atoms. The Morgan fingerprint density at radius 2 is 1.95 bits per heavy atom. The van der Waals surface area contributed by atoms with Crippen LogP contribution in [0.3, 0.4) is 0 Å². The van der Waals surface area contributed by atoms with Crippen molar-refractivity contribution < 1.29 is 0 Å². The van der Waals surface area contributed by atoms with Gasteiger partial charge in [-0.3, -0.25) is 9.55 Å². The molecule has 0 fully saturated rings. The van der Waals surface area contributed by atoms with E-state index in [0.29, 0.717) is 0 Å². The predicted octanol–water partition coefficient (Wildman–Crippen LogP) is 2.81. The first-order chi connectivity index (χ1) is 10.8. The summed E-state index contributed by atoms with van der Waals surface area (Å²) in [4.78, 5) is 4.73. The molecule has 2 aromatic heterocycles. The molecule has 5 heteroatoms. The van der Waals surface area contributed by atoms with E-state index >= 15 is 0 Å². The number of aromatic nitrogens is 4. The van der Waals surface area contributed by atoms with E-state index in [-0.39, 0.29) is 0 Å². The molecule has 1 aliphatic carbocycles. The lowest BCUT2D eigenvalue weighted by Crippen LogP contribution is -2.16. The van der Waals surface area contributed by atoms with Crippen LogP contribution in [0, 0.1) is 6.92 Å². The summed E-state index contributed by atoms with van der Waals surface area (Å²) in [6, 6.07) is 2.23. The van der Waals surface area contributed by atoms with Crippen molar-refractivity contribution in [3.63, 3.8) is 0 Å². The lowest BCUT2D eigenvalue weighted by atomic mass is 9.91. The zero-order valence-corrected chi connectivity index (χ0v) is 13.2. The van der Waals surface area contributed by atoms with E-state index in [1.54, 1.807) is 0 Å². The fraction of sp³-hybridized carbons (Fsp3) is 0.588. The molecule has 0 amide bonds. The van der Waals surface area contributed by atoms with Gasteiger partial charge in [0, 0.05) is 30.9 Å². The zero-order valence-electron chi connectivity index (χ0n) is 13.2. The van der Waals surface area contributed by atoms with Crippen molar-refractivity contribution in [1.29, 1.82) is 0 Å². The number of hydrogen-bond donors (Lipinski definition) is 1. The number of nitrogens with one attached hydrogen (secondary N) is 1. The van der Waals surface area contributed by atoms with Gasteiger partial charge in [-0.1, -0.05) is 0 Å². The van der Waals surface area contributed by atoms with Crippen molar-refractivity contribution in [1.82, 2.24) is 19.7 Å². The minimum atomic E-state index is 0.823. The van der Waals surface area contributed by atoms with Crippen LogP contribution in [0.1, 0.15) is 54.0 Å². The van der Waals surface area contributed by atoms with Gasteiger partial charge in [-0.15, -0.1) is 10.2 Å². The second-order valence-corrected chi connectivity index (χ2v) is 6.46. The maximum atomic E-state index is 4.73. The van der Waals surface area contributed by atoms with Crippen LogP contribution in [-0.2, 0) is 32.4 Å². The minimum Gasteiger partial charge on any atom is -0.350 e. The third kappa shape index (κ3) is 2.49. The number of pyridine rings is 1. The van der Waals surface area contributed by atoms with Crippen molar-refractivity contribution in [2.45, 2.75) is 65.0 Å². The lowest BCUT2D eigenvalue weighted by molar-refractivity contribution is 0.525. The zero-order chi connectivity index (χ0) is 14.9. The summed E-state index contributed by atoms with van der Waals surface area (Å²) in [6.07, 6.45) is 8.36. The smallest absolute Gasteiger partial charge is 0.224 e. The highest BCUT2D eigenvalue weighted by Crippen LogP contribution is 2.25. The number of hydrogen-bond acceptors (Lipinski definition) is 4. The van der Waals surface area contributed by atoms with Crippen LogP contribution in [-0.4, -0.2) is 19.7 Å². The predicted molar refractivity (Wildman–Crippen MR) is 85.9 cm³/mol. The molecular weight excluding hydrogens is 274 g/mol. The highest BCUT2D eigenvalue weighted by Gasteiger charge is 2.18. The van der Waals surface area contributed by atoms with E-state index in [2.05, 4.69) is 33.1 Å². The molecular formula is C17H23N5. The number of fused-ring (bicyclic) bond motifs is 2. The topological polar surface area (TPSA) is 55.6 Å². The van der Waals surface area contributed by atoms with E-state index < -0.39 is 0 Å². The Morgan fingerprint density at radius 3 is 2.91 bits per heavy atom. The molecule has 0 saturated carbocycles. The van der Waals surface area contributed by atoms with Crippen molar-refractivity contribution in [2.24, 2.45) is 0 Å². The van der Waals surface area contributed by atoms with Crippen LogP contribution in [0.25, 0.3) is 0 Å². The summed E-state index contributed by atoms with van der Waals surface area (Å²) < 4.78 is 2.24. The van der Waals surface area contributed by atoms with Crippen molar-refractivity contribution in [3.8, 4) is 0 Å². The van der Waals surface area contributed by atoms with Crippen LogP contribution in [0.5, 0.6) is 0 Å². The van der Waals surface area contributed by atoms with Gasteiger partial charge in [0.1, 0.15) is 5.82 Å². The van der Waals surface area contributed by atoms with Crippen molar-refractivity contribution in [3.05, 3.63) is 34.4 Å². The van der Waals surface area contributed by atoms with E-state index in [4.69, 9.17) is 4.98 Å². The highest BCUT2D eigenvalue weighted by atomic mass is 15.4. The Bertz CT molecular complexity index is 689. The summed E-state index contributed by atoms with van der Waals surface area (Å²) in [5.74, 6) is 2.05. The molecule has 0 atom stereocenters. The molecule has 3 heterocycles.